The van der Waals surface area contributed by atoms with Crippen LogP contribution in [0.25, 0.3) is 10.9 Å². The van der Waals surface area contributed by atoms with Crippen molar-refractivity contribution in [3.05, 3.63) is 71.4 Å². The van der Waals surface area contributed by atoms with Gasteiger partial charge in [-0.25, -0.2) is 0 Å². The molecule has 0 amide bonds. The van der Waals surface area contributed by atoms with Crippen LogP contribution in [0.2, 0.25) is 0 Å². The lowest BCUT2D eigenvalue weighted by Crippen LogP contribution is -2.48. The van der Waals surface area contributed by atoms with Crippen LogP contribution >= 0.6 is 0 Å². The Kier molecular flexibility index (Phi) is 4.27. The molecule has 1 aliphatic carbocycles. The van der Waals surface area contributed by atoms with E-state index < -0.39 is 0 Å². The molecular formula is C23H27N3O. The van der Waals surface area contributed by atoms with E-state index >= 15 is 0 Å². The van der Waals surface area contributed by atoms with Crippen LogP contribution in [0.4, 0.5) is 0 Å². The van der Waals surface area contributed by atoms with Gasteiger partial charge in [-0.3, -0.25) is 0 Å². The summed E-state index contributed by atoms with van der Waals surface area (Å²) in [7, 11) is 0. The lowest BCUT2D eigenvalue weighted by Gasteiger charge is -2.39. The summed E-state index contributed by atoms with van der Waals surface area (Å²) in [6.07, 6.45) is 4.71. The Hall–Kier alpha value is -2.14. The number of aromatic nitrogens is 1. The summed E-state index contributed by atoms with van der Waals surface area (Å²) in [6.45, 7) is 2.81. The normalized spacial score (nSPS) is 23.7. The summed E-state index contributed by atoms with van der Waals surface area (Å²) >= 11 is 0. The number of aliphatic hydroxyl groups is 1. The van der Waals surface area contributed by atoms with Gasteiger partial charge in [0.05, 0.1) is 12.1 Å². The summed E-state index contributed by atoms with van der Waals surface area (Å²) in [5, 5.41) is 19.7. The van der Waals surface area contributed by atoms with Crippen LogP contribution in [0.5, 0.6) is 0 Å². The van der Waals surface area contributed by atoms with Crippen LogP contribution in [0.1, 0.15) is 35.6 Å². The molecule has 0 saturated carbocycles. The quantitative estimate of drug-likeness (QED) is 0.578. The predicted octanol–water partition coefficient (Wildman–Crippen LogP) is 3.04. The van der Waals surface area contributed by atoms with Crippen molar-refractivity contribution in [1.29, 1.82) is 0 Å². The molecule has 1 aliphatic heterocycles. The van der Waals surface area contributed by atoms with Crippen molar-refractivity contribution in [1.82, 2.24) is 15.6 Å². The zero-order valence-corrected chi connectivity index (χ0v) is 15.5. The minimum Gasteiger partial charge on any atom is -0.390 e. The van der Waals surface area contributed by atoms with Crippen LogP contribution in [0.3, 0.4) is 0 Å². The van der Waals surface area contributed by atoms with Gasteiger partial charge in [0.15, 0.2) is 0 Å². The number of aromatic amines is 1. The van der Waals surface area contributed by atoms with E-state index in [0.29, 0.717) is 0 Å². The van der Waals surface area contributed by atoms with E-state index in [0.717, 1.165) is 38.9 Å². The van der Waals surface area contributed by atoms with Gasteiger partial charge >= 0.3 is 0 Å². The highest BCUT2D eigenvalue weighted by molar-refractivity contribution is 5.83. The van der Waals surface area contributed by atoms with Crippen molar-refractivity contribution < 1.29 is 5.11 Å². The standard InChI is InChI=1S/C23H27N3O/c27-22-21(25-12-9-16-15-26-20-8-4-2-5-17(16)20)18-6-1-3-7-19(18)23(22)10-13-24-14-11-23/h1-8,15,21-22,24-27H,9-14H2/t21-,22+/m0/s1. The molecule has 1 saturated heterocycles. The molecule has 0 unspecified atom stereocenters. The van der Waals surface area contributed by atoms with E-state index in [2.05, 4.69) is 70.3 Å². The maximum Gasteiger partial charge on any atom is 0.0832 e. The van der Waals surface area contributed by atoms with E-state index in [1.54, 1.807) is 0 Å². The van der Waals surface area contributed by atoms with Crippen molar-refractivity contribution in [2.45, 2.75) is 36.8 Å². The number of rotatable bonds is 4. The zero-order chi connectivity index (χ0) is 18.3. The summed E-state index contributed by atoms with van der Waals surface area (Å²) in [6, 6.07) is 17.1. The highest BCUT2D eigenvalue weighted by atomic mass is 16.3. The van der Waals surface area contributed by atoms with Gasteiger partial charge in [0.1, 0.15) is 0 Å². The predicted molar refractivity (Wildman–Crippen MR) is 109 cm³/mol. The lowest BCUT2D eigenvalue weighted by molar-refractivity contribution is 0.0445. The minimum atomic E-state index is -0.361. The number of hydrogen-bond donors (Lipinski definition) is 4. The Labute approximate surface area is 160 Å². The third-order valence-corrected chi connectivity index (χ3v) is 6.64. The molecule has 2 heterocycles. The fourth-order valence-electron chi connectivity index (χ4n) is 5.23. The Balaban J connectivity index is 1.36. The molecule has 0 radical (unpaired) electrons. The second-order valence-electron chi connectivity index (χ2n) is 7.98. The Morgan fingerprint density at radius 3 is 2.70 bits per heavy atom. The number of H-pyrrole nitrogens is 1. The number of aliphatic hydroxyl groups excluding tert-OH is 1. The monoisotopic (exact) mass is 361 g/mol. The molecule has 1 fully saturated rings. The van der Waals surface area contributed by atoms with E-state index in [4.69, 9.17) is 0 Å². The average Bonchev–Trinajstić information content (AvgIpc) is 3.23. The molecular weight excluding hydrogens is 334 g/mol. The lowest BCUT2D eigenvalue weighted by atomic mass is 9.72. The summed E-state index contributed by atoms with van der Waals surface area (Å²) in [5.74, 6) is 0. The van der Waals surface area contributed by atoms with Crippen LogP contribution < -0.4 is 10.6 Å². The van der Waals surface area contributed by atoms with Gasteiger partial charge in [-0.2, -0.15) is 0 Å². The summed E-state index contributed by atoms with van der Waals surface area (Å²) in [5.41, 5.74) is 5.05. The van der Waals surface area contributed by atoms with Crippen molar-refractivity contribution >= 4 is 10.9 Å². The minimum absolute atomic E-state index is 0.0181. The van der Waals surface area contributed by atoms with Gasteiger partial charge in [0, 0.05) is 22.5 Å². The Morgan fingerprint density at radius 2 is 1.81 bits per heavy atom. The number of para-hydroxylation sites is 1. The molecule has 1 aromatic heterocycles. The number of nitrogens with one attached hydrogen (secondary N) is 3. The summed E-state index contributed by atoms with van der Waals surface area (Å²) in [4.78, 5) is 3.35. The van der Waals surface area contributed by atoms with Gasteiger partial charge in [0.2, 0.25) is 0 Å². The number of piperidine rings is 1. The third kappa shape index (κ3) is 2.71. The fourth-order valence-corrected chi connectivity index (χ4v) is 5.23. The molecule has 4 N–H and O–H groups in total. The van der Waals surface area contributed by atoms with Crippen molar-refractivity contribution in [2.75, 3.05) is 19.6 Å². The zero-order valence-electron chi connectivity index (χ0n) is 15.5. The van der Waals surface area contributed by atoms with Crippen LogP contribution in [0.15, 0.2) is 54.7 Å². The van der Waals surface area contributed by atoms with E-state index in [-0.39, 0.29) is 17.6 Å². The van der Waals surface area contributed by atoms with E-state index in [1.807, 2.05) is 0 Å². The Morgan fingerprint density at radius 1 is 1.04 bits per heavy atom. The van der Waals surface area contributed by atoms with Crippen LogP contribution in [0, 0.1) is 0 Å². The highest BCUT2D eigenvalue weighted by Crippen LogP contribution is 2.49. The first-order valence-electron chi connectivity index (χ1n) is 10.1. The number of hydrogen-bond acceptors (Lipinski definition) is 3. The fraction of sp³-hybridized carbons (Fsp3) is 0.391. The molecule has 2 aromatic carbocycles. The average molecular weight is 361 g/mol. The maximum atomic E-state index is 11.3. The van der Waals surface area contributed by atoms with Crippen molar-refractivity contribution in [3.63, 3.8) is 0 Å². The molecule has 5 rings (SSSR count). The molecule has 2 atom stereocenters. The molecule has 3 aromatic rings. The maximum absolute atomic E-state index is 11.3. The van der Waals surface area contributed by atoms with Crippen LogP contribution in [-0.2, 0) is 11.8 Å². The largest absolute Gasteiger partial charge is 0.390 e. The van der Waals surface area contributed by atoms with E-state index in [1.165, 1.54) is 27.6 Å². The molecule has 2 aliphatic rings. The van der Waals surface area contributed by atoms with Gasteiger partial charge in [0.25, 0.3) is 0 Å². The summed E-state index contributed by atoms with van der Waals surface area (Å²) < 4.78 is 0. The first-order valence-corrected chi connectivity index (χ1v) is 10.1. The van der Waals surface area contributed by atoms with E-state index in [9.17, 15) is 5.11 Å². The van der Waals surface area contributed by atoms with Gasteiger partial charge in [-0.05, 0) is 61.7 Å². The van der Waals surface area contributed by atoms with Gasteiger partial charge in [-0.1, -0.05) is 42.5 Å². The third-order valence-electron chi connectivity index (χ3n) is 6.64. The Bertz CT molecular complexity index is 941. The highest BCUT2D eigenvalue weighted by Gasteiger charge is 2.51. The second kappa shape index (κ2) is 6.79. The number of fused-ring (bicyclic) bond motifs is 3. The van der Waals surface area contributed by atoms with Crippen molar-refractivity contribution in [3.8, 4) is 0 Å². The molecule has 0 bridgehead atoms. The SMILES string of the molecule is O[C@@H]1[C@@H](NCCc2c[nH]c3ccccc23)c2ccccc2C12CCNCC2. The topological polar surface area (TPSA) is 60.1 Å². The molecule has 4 heteroatoms. The molecule has 140 valence electrons. The van der Waals surface area contributed by atoms with Crippen molar-refractivity contribution in [2.24, 2.45) is 0 Å². The second-order valence-corrected chi connectivity index (χ2v) is 7.98. The smallest absolute Gasteiger partial charge is 0.0832 e. The van der Waals surface area contributed by atoms with Crippen LogP contribution in [-0.4, -0.2) is 35.8 Å². The molecule has 1 spiro atoms. The molecule has 4 nitrogen and oxygen atoms in total. The number of benzene rings is 2. The molecule has 27 heavy (non-hydrogen) atoms. The first-order chi connectivity index (χ1) is 13.3. The van der Waals surface area contributed by atoms with Gasteiger partial charge in [-0.15, -0.1) is 0 Å². The van der Waals surface area contributed by atoms with Gasteiger partial charge < -0.3 is 20.7 Å². The first kappa shape index (κ1) is 17.0.